The fraction of sp³-hybridized carbons (Fsp3) is 0.450. The number of piperidine rings is 3. The molecule has 4 nitrogen and oxygen atoms in total. The molecule has 4 saturated heterocycles. The van der Waals surface area contributed by atoms with Gasteiger partial charge in [-0.25, -0.2) is 4.79 Å². The molecule has 2 aromatic rings. The SMILES string of the molecule is Cc1cccc(-c2ccc(N3CC4(CN5CCC4CC5)OC3=O)s2)c1. The Hall–Kier alpha value is -1.85. The van der Waals surface area contributed by atoms with Crippen molar-refractivity contribution in [3.05, 3.63) is 42.0 Å². The molecule has 1 aromatic carbocycles. The van der Waals surface area contributed by atoms with Gasteiger partial charge in [-0.2, -0.15) is 0 Å². The van der Waals surface area contributed by atoms with Crippen LogP contribution in [-0.2, 0) is 4.74 Å². The fourth-order valence-corrected chi connectivity index (χ4v) is 5.60. The van der Waals surface area contributed by atoms with Crippen LogP contribution in [0.3, 0.4) is 0 Å². The van der Waals surface area contributed by atoms with E-state index in [0.717, 1.165) is 37.5 Å². The van der Waals surface area contributed by atoms with Crippen LogP contribution in [0.1, 0.15) is 18.4 Å². The van der Waals surface area contributed by atoms with E-state index in [4.69, 9.17) is 4.74 Å². The van der Waals surface area contributed by atoms with Gasteiger partial charge in [0.1, 0.15) is 10.6 Å². The van der Waals surface area contributed by atoms with Crippen molar-refractivity contribution in [2.75, 3.05) is 31.1 Å². The normalized spacial score (nSPS) is 30.9. The largest absolute Gasteiger partial charge is 0.439 e. The van der Waals surface area contributed by atoms with Crippen molar-refractivity contribution in [1.82, 2.24) is 4.90 Å². The molecule has 0 N–H and O–H groups in total. The number of carbonyl (C=O) groups excluding carboxylic acids is 1. The summed E-state index contributed by atoms with van der Waals surface area (Å²) in [5.41, 5.74) is 2.17. The monoisotopic (exact) mass is 354 g/mol. The third kappa shape index (κ3) is 2.49. The summed E-state index contributed by atoms with van der Waals surface area (Å²) in [4.78, 5) is 18.1. The van der Waals surface area contributed by atoms with Crippen LogP contribution in [-0.4, -0.2) is 42.8 Å². The number of amides is 1. The summed E-state index contributed by atoms with van der Waals surface area (Å²) < 4.78 is 5.98. The Kier molecular flexibility index (Phi) is 3.44. The molecule has 25 heavy (non-hydrogen) atoms. The van der Waals surface area contributed by atoms with E-state index >= 15 is 0 Å². The van der Waals surface area contributed by atoms with Crippen LogP contribution in [0.4, 0.5) is 9.80 Å². The Morgan fingerprint density at radius 3 is 2.72 bits per heavy atom. The molecule has 130 valence electrons. The first-order valence-electron chi connectivity index (χ1n) is 9.03. The number of benzene rings is 1. The fourth-order valence-electron chi connectivity index (χ4n) is 4.61. The van der Waals surface area contributed by atoms with Gasteiger partial charge < -0.3 is 4.74 Å². The van der Waals surface area contributed by atoms with Gasteiger partial charge in [-0.3, -0.25) is 9.80 Å². The van der Waals surface area contributed by atoms with Gasteiger partial charge in [0.2, 0.25) is 0 Å². The Morgan fingerprint density at radius 1 is 1.16 bits per heavy atom. The molecule has 0 aliphatic carbocycles. The molecule has 5 heterocycles. The lowest BCUT2D eigenvalue weighted by atomic mass is 9.75. The minimum Gasteiger partial charge on any atom is -0.439 e. The number of aryl methyl sites for hydroxylation is 1. The molecular weight excluding hydrogens is 332 g/mol. The summed E-state index contributed by atoms with van der Waals surface area (Å²) in [5, 5.41) is 0.995. The number of hydrogen-bond acceptors (Lipinski definition) is 4. The highest BCUT2D eigenvalue weighted by Crippen LogP contribution is 2.45. The molecule has 1 amide bonds. The van der Waals surface area contributed by atoms with Crippen molar-refractivity contribution in [1.29, 1.82) is 0 Å². The van der Waals surface area contributed by atoms with E-state index in [2.05, 4.69) is 48.2 Å². The molecular formula is C20H22N2O2S. The molecule has 1 atom stereocenters. The van der Waals surface area contributed by atoms with E-state index in [1.807, 2.05) is 4.90 Å². The molecule has 1 spiro atoms. The maximum absolute atomic E-state index is 12.6. The van der Waals surface area contributed by atoms with Crippen LogP contribution < -0.4 is 4.90 Å². The van der Waals surface area contributed by atoms with Gasteiger partial charge in [-0.05, 0) is 50.6 Å². The Morgan fingerprint density at radius 2 is 2.00 bits per heavy atom. The maximum atomic E-state index is 12.6. The second-order valence-corrected chi connectivity index (χ2v) is 8.64. The van der Waals surface area contributed by atoms with Gasteiger partial charge in [0, 0.05) is 17.3 Å². The van der Waals surface area contributed by atoms with E-state index in [1.54, 1.807) is 11.3 Å². The first kappa shape index (κ1) is 15.4. The predicted octanol–water partition coefficient (Wildman–Crippen LogP) is 4.14. The first-order valence-corrected chi connectivity index (χ1v) is 9.84. The number of carbonyl (C=O) groups is 1. The van der Waals surface area contributed by atoms with Crippen LogP contribution in [0.15, 0.2) is 36.4 Å². The van der Waals surface area contributed by atoms with Crippen LogP contribution in [0.2, 0.25) is 0 Å². The smallest absolute Gasteiger partial charge is 0.415 e. The van der Waals surface area contributed by atoms with Crippen molar-refractivity contribution >= 4 is 22.4 Å². The van der Waals surface area contributed by atoms with Crippen molar-refractivity contribution in [3.8, 4) is 10.4 Å². The van der Waals surface area contributed by atoms with Gasteiger partial charge in [0.25, 0.3) is 0 Å². The molecule has 4 aliphatic heterocycles. The lowest BCUT2D eigenvalue weighted by Crippen LogP contribution is -2.61. The van der Waals surface area contributed by atoms with Gasteiger partial charge in [-0.15, -0.1) is 11.3 Å². The number of hydrogen-bond donors (Lipinski definition) is 0. The average Bonchev–Trinajstić information content (AvgIpc) is 3.21. The number of anilines is 1. The van der Waals surface area contributed by atoms with Crippen LogP contribution >= 0.6 is 11.3 Å². The third-order valence-corrected chi connectivity index (χ3v) is 7.08. The van der Waals surface area contributed by atoms with E-state index in [1.165, 1.54) is 16.0 Å². The molecule has 1 aromatic heterocycles. The van der Waals surface area contributed by atoms with E-state index in [9.17, 15) is 4.79 Å². The minimum absolute atomic E-state index is 0.175. The topological polar surface area (TPSA) is 32.8 Å². The number of thiophene rings is 1. The lowest BCUT2D eigenvalue weighted by Gasteiger charge is -2.49. The summed E-state index contributed by atoms with van der Waals surface area (Å²) in [7, 11) is 0. The molecule has 5 heteroatoms. The maximum Gasteiger partial charge on any atom is 0.415 e. The predicted molar refractivity (Wildman–Crippen MR) is 100 cm³/mol. The Balaban J connectivity index is 1.42. The van der Waals surface area contributed by atoms with Crippen molar-refractivity contribution in [2.45, 2.75) is 25.4 Å². The summed E-state index contributed by atoms with van der Waals surface area (Å²) >= 11 is 1.67. The summed E-state index contributed by atoms with van der Waals surface area (Å²) in [6, 6.07) is 12.7. The summed E-state index contributed by atoms with van der Waals surface area (Å²) in [5.74, 6) is 0.516. The van der Waals surface area contributed by atoms with Crippen LogP contribution in [0.25, 0.3) is 10.4 Å². The number of rotatable bonds is 2. The van der Waals surface area contributed by atoms with Crippen molar-refractivity contribution in [2.24, 2.45) is 5.92 Å². The zero-order valence-corrected chi connectivity index (χ0v) is 15.2. The third-order valence-electron chi connectivity index (χ3n) is 5.92. The Bertz CT molecular complexity index is 825. The van der Waals surface area contributed by atoms with E-state index < -0.39 is 0 Å². The second-order valence-electron chi connectivity index (χ2n) is 7.58. The zero-order chi connectivity index (χ0) is 17.0. The summed E-state index contributed by atoms with van der Waals surface area (Å²) in [6.45, 7) is 6.00. The zero-order valence-electron chi connectivity index (χ0n) is 14.4. The molecule has 2 bridgehead atoms. The number of nitrogens with zero attached hydrogens (tertiary/aromatic N) is 2. The number of ether oxygens (including phenoxy) is 1. The average molecular weight is 354 g/mol. The molecule has 4 fully saturated rings. The highest BCUT2D eigenvalue weighted by Gasteiger charge is 2.55. The van der Waals surface area contributed by atoms with Gasteiger partial charge in [0.05, 0.1) is 6.54 Å². The minimum atomic E-state index is -0.291. The van der Waals surface area contributed by atoms with Gasteiger partial charge in [0.15, 0.2) is 0 Å². The second kappa shape index (κ2) is 5.58. The quantitative estimate of drug-likeness (QED) is 0.812. The summed E-state index contributed by atoms with van der Waals surface area (Å²) in [6.07, 6.45) is 2.13. The van der Waals surface area contributed by atoms with Crippen molar-refractivity contribution < 1.29 is 9.53 Å². The van der Waals surface area contributed by atoms with Crippen LogP contribution in [0.5, 0.6) is 0 Å². The highest BCUT2D eigenvalue weighted by atomic mass is 32.1. The van der Waals surface area contributed by atoms with Gasteiger partial charge in [-0.1, -0.05) is 29.8 Å². The Labute approximate surface area is 152 Å². The van der Waals surface area contributed by atoms with E-state index in [0.29, 0.717) is 12.5 Å². The first-order chi connectivity index (χ1) is 12.1. The van der Waals surface area contributed by atoms with Crippen molar-refractivity contribution in [3.63, 3.8) is 0 Å². The molecule has 0 saturated carbocycles. The van der Waals surface area contributed by atoms with Crippen LogP contribution in [0, 0.1) is 12.8 Å². The highest BCUT2D eigenvalue weighted by molar-refractivity contribution is 7.19. The molecule has 1 unspecified atom stereocenters. The van der Waals surface area contributed by atoms with E-state index in [-0.39, 0.29) is 11.7 Å². The van der Waals surface area contributed by atoms with Gasteiger partial charge >= 0.3 is 6.09 Å². The molecule has 0 radical (unpaired) electrons. The molecule has 4 aliphatic rings. The lowest BCUT2D eigenvalue weighted by molar-refractivity contribution is -0.0881. The standard InChI is InChI=1S/C20H22N2O2S/c1-14-3-2-4-15(11-14)17-5-6-18(25-17)22-13-20(24-19(22)23)12-21-9-7-16(20)8-10-21/h2-6,11,16H,7-10,12-13H2,1H3. The molecule has 6 rings (SSSR count). The number of fused-ring (bicyclic) bond motifs is 2.